The molecule has 22 heavy (non-hydrogen) atoms. The topological polar surface area (TPSA) is 37.3 Å². The summed E-state index contributed by atoms with van der Waals surface area (Å²) in [5.74, 6) is 0.352. The van der Waals surface area contributed by atoms with Crippen LogP contribution in [0.5, 0.6) is 0 Å². The maximum absolute atomic E-state index is 14.1. The van der Waals surface area contributed by atoms with Crippen LogP contribution in [0.25, 0.3) is 0 Å². The lowest BCUT2D eigenvalue weighted by atomic mass is 9.47. The van der Waals surface area contributed by atoms with Crippen LogP contribution in [-0.2, 0) is 4.79 Å². The number of carbonyl (C=O) groups is 1. The number of aliphatic hydroxyl groups excluding tert-OH is 1. The van der Waals surface area contributed by atoms with Crippen molar-refractivity contribution in [3.8, 4) is 0 Å². The van der Waals surface area contributed by atoms with E-state index in [9.17, 15) is 14.3 Å². The summed E-state index contributed by atoms with van der Waals surface area (Å²) in [6, 6.07) is 0. The summed E-state index contributed by atoms with van der Waals surface area (Å²) in [5, 5.41) is 10.8. The van der Waals surface area contributed by atoms with Gasteiger partial charge in [-0.25, -0.2) is 4.39 Å². The van der Waals surface area contributed by atoms with E-state index in [2.05, 4.69) is 13.0 Å². The van der Waals surface area contributed by atoms with E-state index in [0.717, 1.165) is 25.7 Å². The Kier molecular flexibility index (Phi) is 3.15. The Morgan fingerprint density at radius 1 is 1.23 bits per heavy atom. The highest BCUT2D eigenvalue weighted by atomic mass is 19.1. The molecule has 0 radical (unpaired) electrons. The Balaban J connectivity index is 1.75. The number of hydrogen-bond acceptors (Lipinski definition) is 2. The number of ketones is 1. The SMILES string of the molecule is C[C@]12CCCC=C1C[C@@H](O)[C@@H]1[C@@H]2CC[C@]2(C)C(=O)[C@H](F)C[C@@H]12. The van der Waals surface area contributed by atoms with E-state index in [1.165, 1.54) is 18.4 Å². The van der Waals surface area contributed by atoms with Gasteiger partial charge in [-0.2, -0.15) is 0 Å². The zero-order valence-electron chi connectivity index (χ0n) is 13.6. The van der Waals surface area contributed by atoms with Crippen LogP contribution in [0.2, 0.25) is 0 Å². The first-order chi connectivity index (χ1) is 10.4. The minimum Gasteiger partial charge on any atom is -0.392 e. The van der Waals surface area contributed by atoms with Gasteiger partial charge >= 0.3 is 0 Å². The first-order valence-electron chi connectivity index (χ1n) is 8.94. The Labute approximate surface area is 132 Å². The number of halogens is 1. The number of hydrogen-bond donors (Lipinski definition) is 1. The number of Topliss-reactive ketones (excluding diaryl/α,β-unsaturated/α-hetero) is 1. The fourth-order valence-corrected chi connectivity index (χ4v) is 6.47. The third kappa shape index (κ3) is 1.72. The monoisotopic (exact) mass is 306 g/mol. The average Bonchev–Trinajstić information content (AvgIpc) is 2.71. The van der Waals surface area contributed by atoms with Crippen molar-refractivity contribution in [2.24, 2.45) is 28.6 Å². The fraction of sp³-hybridized carbons (Fsp3) is 0.842. The normalized spacial score (nSPS) is 54.3. The van der Waals surface area contributed by atoms with E-state index in [4.69, 9.17) is 0 Å². The Hall–Kier alpha value is -0.700. The van der Waals surface area contributed by atoms with Crippen LogP contribution in [0.1, 0.15) is 58.8 Å². The lowest BCUT2D eigenvalue weighted by Gasteiger charge is -2.58. The molecule has 0 spiro atoms. The van der Waals surface area contributed by atoms with Crippen molar-refractivity contribution in [2.45, 2.75) is 71.1 Å². The van der Waals surface area contributed by atoms with Crippen molar-refractivity contribution in [2.75, 3.05) is 0 Å². The number of rotatable bonds is 0. The molecule has 1 N–H and O–H groups in total. The van der Waals surface area contributed by atoms with Crippen molar-refractivity contribution in [1.82, 2.24) is 0 Å². The predicted molar refractivity (Wildman–Crippen MR) is 83.0 cm³/mol. The molecule has 0 aromatic carbocycles. The third-order valence-corrected chi connectivity index (χ3v) is 7.75. The highest BCUT2D eigenvalue weighted by Gasteiger charge is 2.63. The van der Waals surface area contributed by atoms with Crippen LogP contribution in [0, 0.1) is 28.6 Å². The van der Waals surface area contributed by atoms with Crippen molar-refractivity contribution in [3.63, 3.8) is 0 Å². The van der Waals surface area contributed by atoms with Crippen molar-refractivity contribution >= 4 is 5.78 Å². The van der Waals surface area contributed by atoms with Gasteiger partial charge in [-0.15, -0.1) is 0 Å². The van der Waals surface area contributed by atoms with E-state index in [1.54, 1.807) is 0 Å². The molecule has 0 amide bonds. The Bertz CT molecular complexity index is 542. The van der Waals surface area contributed by atoms with Gasteiger partial charge in [0.15, 0.2) is 12.0 Å². The summed E-state index contributed by atoms with van der Waals surface area (Å²) >= 11 is 0. The zero-order valence-corrected chi connectivity index (χ0v) is 13.6. The second-order valence-corrected chi connectivity index (χ2v) is 8.62. The van der Waals surface area contributed by atoms with Gasteiger partial charge in [-0.3, -0.25) is 4.79 Å². The van der Waals surface area contributed by atoms with E-state index < -0.39 is 17.7 Å². The molecule has 0 saturated heterocycles. The molecule has 4 aliphatic carbocycles. The predicted octanol–water partition coefficient (Wildman–Crippen LogP) is 3.83. The molecule has 4 aliphatic rings. The summed E-state index contributed by atoms with van der Waals surface area (Å²) in [5.41, 5.74) is 1.06. The lowest BCUT2D eigenvalue weighted by molar-refractivity contribution is -0.140. The Morgan fingerprint density at radius 3 is 2.77 bits per heavy atom. The van der Waals surface area contributed by atoms with Gasteiger partial charge in [0.1, 0.15) is 0 Å². The van der Waals surface area contributed by atoms with Crippen LogP contribution in [0.15, 0.2) is 11.6 Å². The number of aliphatic hydroxyl groups is 1. The van der Waals surface area contributed by atoms with E-state index >= 15 is 0 Å². The number of allylic oxidation sites excluding steroid dienone is 1. The molecule has 3 heteroatoms. The van der Waals surface area contributed by atoms with Gasteiger partial charge < -0.3 is 5.11 Å². The van der Waals surface area contributed by atoms with Crippen molar-refractivity contribution in [3.05, 3.63) is 11.6 Å². The fourth-order valence-electron chi connectivity index (χ4n) is 6.47. The minimum atomic E-state index is -1.31. The largest absolute Gasteiger partial charge is 0.392 e. The van der Waals surface area contributed by atoms with Gasteiger partial charge in [0.2, 0.25) is 0 Å². The summed E-state index contributed by atoms with van der Waals surface area (Å²) in [7, 11) is 0. The van der Waals surface area contributed by atoms with Crippen LogP contribution >= 0.6 is 0 Å². The highest BCUT2D eigenvalue weighted by molar-refractivity contribution is 5.91. The molecule has 0 aliphatic heterocycles. The first-order valence-corrected chi connectivity index (χ1v) is 8.94. The van der Waals surface area contributed by atoms with E-state index in [1.807, 2.05) is 6.92 Å². The number of alkyl halides is 1. The van der Waals surface area contributed by atoms with Crippen LogP contribution in [0.4, 0.5) is 4.39 Å². The van der Waals surface area contributed by atoms with Crippen LogP contribution in [0.3, 0.4) is 0 Å². The highest BCUT2D eigenvalue weighted by Crippen LogP contribution is 2.64. The summed E-state index contributed by atoms with van der Waals surface area (Å²) in [6.45, 7) is 4.31. The summed E-state index contributed by atoms with van der Waals surface area (Å²) in [6.07, 6.45) is 6.99. The molecule has 4 rings (SSSR count). The molecule has 0 aromatic rings. The quantitative estimate of drug-likeness (QED) is 0.691. The standard InChI is InChI=1S/C19H27FO2/c1-18-7-4-3-5-11(18)9-15(21)16-12(18)6-8-19(2)13(16)10-14(20)17(19)22/h5,12-16,21H,3-4,6-10H2,1-2H3/t12-,13-,14+,15+,16+,18-,19-/m0/s1. The van der Waals surface area contributed by atoms with Gasteiger partial charge in [-0.1, -0.05) is 25.5 Å². The van der Waals surface area contributed by atoms with Gasteiger partial charge in [-0.05, 0) is 68.1 Å². The third-order valence-electron chi connectivity index (χ3n) is 7.75. The molecule has 3 saturated carbocycles. The van der Waals surface area contributed by atoms with E-state index in [-0.39, 0.29) is 23.0 Å². The molecule has 0 unspecified atom stereocenters. The number of fused-ring (bicyclic) bond motifs is 5. The second kappa shape index (κ2) is 4.66. The first kappa shape index (κ1) is 14.9. The molecule has 0 bridgehead atoms. The average molecular weight is 306 g/mol. The maximum atomic E-state index is 14.1. The van der Waals surface area contributed by atoms with Crippen molar-refractivity contribution in [1.29, 1.82) is 0 Å². The molecular weight excluding hydrogens is 279 g/mol. The molecule has 0 aromatic heterocycles. The lowest BCUT2D eigenvalue weighted by Crippen LogP contribution is -2.55. The molecule has 122 valence electrons. The number of carbonyl (C=O) groups excluding carboxylic acids is 1. The molecular formula is C19H27FO2. The van der Waals surface area contributed by atoms with Gasteiger partial charge in [0.05, 0.1) is 6.10 Å². The smallest absolute Gasteiger partial charge is 0.173 e. The minimum absolute atomic E-state index is 0.0315. The Morgan fingerprint density at radius 2 is 2.00 bits per heavy atom. The zero-order chi connectivity index (χ0) is 15.7. The molecule has 2 nitrogen and oxygen atoms in total. The van der Waals surface area contributed by atoms with Gasteiger partial charge in [0, 0.05) is 5.41 Å². The molecule has 0 heterocycles. The summed E-state index contributed by atoms with van der Waals surface area (Å²) in [4.78, 5) is 12.3. The van der Waals surface area contributed by atoms with Gasteiger partial charge in [0.25, 0.3) is 0 Å². The second-order valence-electron chi connectivity index (χ2n) is 8.62. The van der Waals surface area contributed by atoms with E-state index in [0.29, 0.717) is 12.3 Å². The maximum Gasteiger partial charge on any atom is 0.173 e. The van der Waals surface area contributed by atoms with Crippen molar-refractivity contribution < 1.29 is 14.3 Å². The summed E-state index contributed by atoms with van der Waals surface area (Å²) < 4.78 is 14.1. The molecule has 7 atom stereocenters. The van der Waals surface area contributed by atoms with Crippen LogP contribution < -0.4 is 0 Å². The van der Waals surface area contributed by atoms with Crippen LogP contribution in [-0.4, -0.2) is 23.2 Å². The molecule has 3 fully saturated rings.